The molecular weight excluding hydrogens is 222 g/mol. The van der Waals surface area contributed by atoms with Gasteiger partial charge < -0.3 is 10.1 Å². The summed E-state index contributed by atoms with van der Waals surface area (Å²) < 4.78 is 5.15. The summed E-state index contributed by atoms with van der Waals surface area (Å²) in [5.74, 6) is 0.817. The predicted molar refractivity (Wildman–Crippen MR) is 67.7 cm³/mol. The highest BCUT2D eigenvalue weighted by Crippen LogP contribution is 2.26. The summed E-state index contributed by atoms with van der Waals surface area (Å²) in [4.78, 5) is 0. The third kappa shape index (κ3) is 2.47. The number of halogens is 1. The second-order valence-corrected chi connectivity index (χ2v) is 3.74. The molecule has 0 radical (unpaired) electrons. The summed E-state index contributed by atoms with van der Waals surface area (Å²) in [7, 11) is 1.65. The molecule has 2 rings (SSSR count). The van der Waals surface area contributed by atoms with Crippen LogP contribution in [0.1, 0.15) is 0 Å². The molecule has 0 spiro atoms. The maximum atomic E-state index is 6.05. The lowest BCUT2D eigenvalue weighted by atomic mass is 10.2. The molecule has 2 aromatic carbocycles. The van der Waals surface area contributed by atoms with Crippen LogP contribution in [0.15, 0.2) is 48.5 Å². The predicted octanol–water partition coefficient (Wildman–Crippen LogP) is 4.09. The zero-order chi connectivity index (χ0) is 11.4. The van der Waals surface area contributed by atoms with Gasteiger partial charge in [0, 0.05) is 11.8 Å². The monoisotopic (exact) mass is 233 g/mol. The Morgan fingerprint density at radius 2 is 1.88 bits per heavy atom. The lowest BCUT2D eigenvalue weighted by molar-refractivity contribution is 0.415. The van der Waals surface area contributed by atoms with Crippen molar-refractivity contribution in [3.8, 4) is 5.75 Å². The van der Waals surface area contributed by atoms with Crippen LogP contribution in [0, 0.1) is 0 Å². The molecule has 0 amide bonds. The van der Waals surface area contributed by atoms with Crippen LogP contribution in [-0.2, 0) is 0 Å². The Bertz CT molecular complexity index is 485. The van der Waals surface area contributed by atoms with Crippen molar-refractivity contribution in [2.45, 2.75) is 0 Å². The van der Waals surface area contributed by atoms with E-state index in [4.69, 9.17) is 16.3 Å². The van der Waals surface area contributed by atoms with E-state index < -0.39 is 0 Å². The van der Waals surface area contributed by atoms with Gasteiger partial charge in [0.25, 0.3) is 0 Å². The van der Waals surface area contributed by atoms with Gasteiger partial charge in [-0.3, -0.25) is 0 Å². The molecular formula is C13H12ClNO. The summed E-state index contributed by atoms with van der Waals surface area (Å²) >= 11 is 6.05. The number of para-hydroxylation sites is 1. The van der Waals surface area contributed by atoms with Crippen LogP contribution < -0.4 is 10.1 Å². The molecule has 0 saturated heterocycles. The van der Waals surface area contributed by atoms with Crippen molar-refractivity contribution in [3.63, 3.8) is 0 Å². The maximum Gasteiger partial charge on any atom is 0.120 e. The van der Waals surface area contributed by atoms with Gasteiger partial charge >= 0.3 is 0 Å². The highest BCUT2D eigenvalue weighted by Gasteiger charge is 2.00. The number of anilines is 2. The van der Waals surface area contributed by atoms with Gasteiger partial charge in [-0.05, 0) is 24.3 Å². The number of hydrogen-bond acceptors (Lipinski definition) is 2. The summed E-state index contributed by atoms with van der Waals surface area (Å²) in [5, 5.41) is 3.93. The summed E-state index contributed by atoms with van der Waals surface area (Å²) in [6.45, 7) is 0. The van der Waals surface area contributed by atoms with E-state index in [1.54, 1.807) is 7.11 Å². The average Bonchev–Trinajstić information content (AvgIpc) is 2.32. The van der Waals surface area contributed by atoms with Crippen molar-refractivity contribution in [1.82, 2.24) is 0 Å². The normalized spacial score (nSPS) is 9.88. The average molecular weight is 234 g/mol. The van der Waals surface area contributed by atoms with Crippen LogP contribution in [0.25, 0.3) is 0 Å². The van der Waals surface area contributed by atoms with Gasteiger partial charge in [-0.25, -0.2) is 0 Å². The van der Waals surface area contributed by atoms with E-state index in [1.807, 2.05) is 48.5 Å². The van der Waals surface area contributed by atoms with Gasteiger partial charge in [-0.2, -0.15) is 0 Å². The first-order chi connectivity index (χ1) is 7.79. The van der Waals surface area contributed by atoms with E-state index >= 15 is 0 Å². The van der Waals surface area contributed by atoms with Crippen LogP contribution >= 0.6 is 11.6 Å². The van der Waals surface area contributed by atoms with Crippen LogP contribution in [0.2, 0.25) is 5.02 Å². The smallest absolute Gasteiger partial charge is 0.120 e. The van der Waals surface area contributed by atoms with Crippen molar-refractivity contribution in [1.29, 1.82) is 0 Å². The van der Waals surface area contributed by atoms with Gasteiger partial charge in [0.1, 0.15) is 5.75 Å². The van der Waals surface area contributed by atoms with Crippen LogP contribution in [0.5, 0.6) is 5.75 Å². The van der Waals surface area contributed by atoms with Gasteiger partial charge in [0.05, 0.1) is 17.8 Å². The second kappa shape index (κ2) is 4.90. The first-order valence-electron chi connectivity index (χ1n) is 4.95. The van der Waals surface area contributed by atoms with Gasteiger partial charge in [0.2, 0.25) is 0 Å². The topological polar surface area (TPSA) is 21.3 Å². The zero-order valence-corrected chi connectivity index (χ0v) is 9.66. The van der Waals surface area contributed by atoms with Gasteiger partial charge in [-0.15, -0.1) is 0 Å². The highest BCUT2D eigenvalue weighted by molar-refractivity contribution is 6.33. The minimum absolute atomic E-state index is 0.699. The Morgan fingerprint density at radius 1 is 1.06 bits per heavy atom. The number of methoxy groups -OCH3 is 1. The fraction of sp³-hybridized carbons (Fsp3) is 0.0769. The van der Waals surface area contributed by atoms with E-state index in [2.05, 4.69) is 5.32 Å². The zero-order valence-electron chi connectivity index (χ0n) is 8.91. The van der Waals surface area contributed by atoms with Gasteiger partial charge in [-0.1, -0.05) is 29.8 Å². The highest BCUT2D eigenvalue weighted by atomic mass is 35.5. The molecule has 0 aromatic heterocycles. The Kier molecular flexibility index (Phi) is 3.32. The molecule has 0 aliphatic carbocycles. The minimum Gasteiger partial charge on any atom is -0.497 e. The van der Waals surface area contributed by atoms with Crippen molar-refractivity contribution in [3.05, 3.63) is 53.6 Å². The molecule has 0 atom stereocenters. The molecule has 16 heavy (non-hydrogen) atoms. The number of ether oxygens (including phenoxy) is 1. The summed E-state index contributed by atoms with van der Waals surface area (Å²) in [6, 6.07) is 15.3. The van der Waals surface area contributed by atoms with Crippen LogP contribution in [0.3, 0.4) is 0 Å². The third-order valence-electron chi connectivity index (χ3n) is 2.22. The number of hydrogen-bond donors (Lipinski definition) is 1. The molecule has 0 fully saturated rings. The molecule has 0 unspecified atom stereocenters. The quantitative estimate of drug-likeness (QED) is 0.862. The van der Waals surface area contributed by atoms with Gasteiger partial charge in [0.15, 0.2) is 0 Å². The number of nitrogens with one attached hydrogen (secondary N) is 1. The standard InChI is InChI=1S/C13H12ClNO/c1-16-11-6-4-5-10(9-11)15-13-8-3-2-7-12(13)14/h2-9,15H,1H3. The van der Waals surface area contributed by atoms with E-state index in [1.165, 1.54) is 0 Å². The van der Waals surface area contributed by atoms with Crippen molar-refractivity contribution >= 4 is 23.0 Å². The molecule has 2 nitrogen and oxygen atoms in total. The fourth-order valence-electron chi connectivity index (χ4n) is 1.42. The summed E-state index contributed by atoms with van der Waals surface area (Å²) in [6.07, 6.45) is 0. The van der Waals surface area contributed by atoms with Crippen molar-refractivity contribution in [2.75, 3.05) is 12.4 Å². The largest absolute Gasteiger partial charge is 0.497 e. The fourth-order valence-corrected chi connectivity index (χ4v) is 1.60. The van der Waals surface area contributed by atoms with Crippen molar-refractivity contribution in [2.24, 2.45) is 0 Å². The van der Waals surface area contributed by atoms with Crippen LogP contribution in [0.4, 0.5) is 11.4 Å². The maximum absolute atomic E-state index is 6.05. The Hall–Kier alpha value is -1.67. The van der Waals surface area contributed by atoms with E-state index in [9.17, 15) is 0 Å². The minimum atomic E-state index is 0.699. The molecule has 0 aliphatic heterocycles. The Labute approximate surface area is 99.8 Å². The molecule has 0 heterocycles. The van der Waals surface area contributed by atoms with Crippen molar-refractivity contribution < 1.29 is 4.74 Å². The lowest BCUT2D eigenvalue weighted by Gasteiger charge is -2.09. The first kappa shape index (κ1) is 10.8. The molecule has 82 valence electrons. The molecule has 0 bridgehead atoms. The van der Waals surface area contributed by atoms with E-state index in [-0.39, 0.29) is 0 Å². The second-order valence-electron chi connectivity index (χ2n) is 3.34. The third-order valence-corrected chi connectivity index (χ3v) is 2.55. The Morgan fingerprint density at radius 3 is 2.62 bits per heavy atom. The number of benzene rings is 2. The molecule has 0 saturated carbocycles. The lowest BCUT2D eigenvalue weighted by Crippen LogP contribution is -1.91. The van der Waals surface area contributed by atoms with E-state index in [0.29, 0.717) is 5.02 Å². The molecule has 2 aromatic rings. The first-order valence-corrected chi connectivity index (χ1v) is 5.33. The number of rotatable bonds is 3. The Balaban J connectivity index is 2.24. The molecule has 1 N–H and O–H groups in total. The SMILES string of the molecule is COc1cccc(Nc2ccccc2Cl)c1. The molecule has 0 aliphatic rings. The van der Waals surface area contributed by atoms with Crippen LogP contribution in [-0.4, -0.2) is 7.11 Å². The summed E-state index contributed by atoms with van der Waals surface area (Å²) in [5.41, 5.74) is 1.84. The molecule has 3 heteroatoms. The van der Waals surface area contributed by atoms with E-state index in [0.717, 1.165) is 17.1 Å².